The molecule has 2 heterocycles. The van der Waals surface area contributed by atoms with Gasteiger partial charge in [0.25, 0.3) is 5.91 Å². The molecule has 184 valence electrons. The fraction of sp³-hybridized carbons (Fsp3) is 0.222. The molecule has 1 aromatic heterocycles. The number of amides is 2. The predicted molar refractivity (Wildman–Crippen MR) is 130 cm³/mol. The maximum absolute atomic E-state index is 13.7. The third-order valence-corrected chi connectivity index (χ3v) is 6.45. The molecule has 0 saturated carbocycles. The number of carbonyl (C=O) groups excluding carboxylic acids is 2. The minimum Gasteiger partial charge on any atom is -0.345 e. The van der Waals surface area contributed by atoms with Gasteiger partial charge in [-0.25, -0.2) is 9.07 Å². The molecule has 36 heavy (non-hydrogen) atoms. The van der Waals surface area contributed by atoms with Gasteiger partial charge in [0.15, 0.2) is 0 Å². The lowest BCUT2D eigenvalue weighted by atomic mass is 9.95. The summed E-state index contributed by atoms with van der Waals surface area (Å²) in [7, 11) is 0. The second-order valence-corrected chi connectivity index (χ2v) is 9.01. The predicted octanol–water partition coefficient (Wildman–Crippen LogP) is 5.09. The number of benzene rings is 3. The average Bonchev–Trinajstić information content (AvgIpc) is 3.39. The van der Waals surface area contributed by atoms with Gasteiger partial charge in [0.05, 0.1) is 29.5 Å². The Kier molecular flexibility index (Phi) is 5.78. The summed E-state index contributed by atoms with van der Waals surface area (Å²) in [6.45, 7) is 2.41. The van der Waals surface area contributed by atoms with E-state index in [0.29, 0.717) is 18.3 Å². The zero-order chi connectivity index (χ0) is 25.6. The zero-order valence-electron chi connectivity index (χ0n) is 19.6. The smallest absolute Gasteiger partial charge is 0.321 e. The van der Waals surface area contributed by atoms with E-state index in [-0.39, 0.29) is 18.1 Å². The normalized spacial score (nSPS) is 18.1. The van der Waals surface area contributed by atoms with Crippen LogP contribution in [0, 0.1) is 12.7 Å². The minimum absolute atomic E-state index is 0.117. The first-order valence-electron chi connectivity index (χ1n) is 11.4. The van der Waals surface area contributed by atoms with Crippen LogP contribution < -0.4 is 10.2 Å². The highest BCUT2D eigenvalue weighted by Gasteiger charge is 2.45. The minimum atomic E-state index is -3.57. The van der Waals surface area contributed by atoms with E-state index in [0.717, 1.165) is 22.0 Å². The number of fused-ring (bicyclic) bond motifs is 1. The lowest BCUT2D eigenvalue weighted by Gasteiger charge is -2.30. The zero-order valence-corrected chi connectivity index (χ0v) is 19.6. The molecule has 2 atom stereocenters. The summed E-state index contributed by atoms with van der Waals surface area (Å²) < 4.78 is 42.4. The van der Waals surface area contributed by atoms with Crippen molar-refractivity contribution in [2.75, 3.05) is 4.90 Å². The molecule has 6 nitrogen and oxygen atoms in total. The third-order valence-electron chi connectivity index (χ3n) is 6.45. The molecular weight excluding hydrogens is 469 g/mol. The fourth-order valence-electron chi connectivity index (χ4n) is 4.70. The van der Waals surface area contributed by atoms with Gasteiger partial charge in [-0.1, -0.05) is 24.3 Å². The Bertz CT molecular complexity index is 1460. The van der Waals surface area contributed by atoms with Gasteiger partial charge in [-0.3, -0.25) is 9.59 Å². The number of rotatable bonds is 5. The molecule has 2 amide bonds. The van der Waals surface area contributed by atoms with E-state index in [4.69, 9.17) is 0 Å². The summed E-state index contributed by atoms with van der Waals surface area (Å²) in [5.74, 6) is -5.63. The first-order valence-corrected chi connectivity index (χ1v) is 11.4. The first-order chi connectivity index (χ1) is 17.1. The molecule has 9 heteroatoms. The van der Waals surface area contributed by atoms with Gasteiger partial charge in [0.2, 0.25) is 5.91 Å². The molecule has 0 bridgehead atoms. The van der Waals surface area contributed by atoms with Crippen LogP contribution in [0.1, 0.15) is 30.5 Å². The van der Waals surface area contributed by atoms with Gasteiger partial charge in [-0.05, 0) is 60.5 Å². The molecule has 1 aliphatic heterocycles. The number of hydrogen-bond donors (Lipinski definition) is 1. The summed E-state index contributed by atoms with van der Waals surface area (Å²) in [4.78, 5) is 26.9. The first kappa shape index (κ1) is 23.6. The Balaban J connectivity index is 1.56. The van der Waals surface area contributed by atoms with Crippen molar-refractivity contribution in [2.45, 2.75) is 38.3 Å². The molecular formula is C27H23F3N4O2. The number of carbonyl (C=O) groups is 2. The van der Waals surface area contributed by atoms with Crippen molar-refractivity contribution in [1.29, 1.82) is 0 Å². The van der Waals surface area contributed by atoms with E-state index in [2.05, 4.69) is 10.4 Å². The van der Waals surface area contributed by atoms with Crippen LogP contribution in [0.25, 0.3) is 16.6 Å². The van der Waals surface area contributed by atoms with Crippen LogP contribution in [0.15, 0.2) is 72.9 Å². The summed E-state index contributed by atoms with van der Waals surface area (Å²) in [5.41, 5.74) is 3.61. The van der Waals surface area contributed by atoms with E-state index in [1.54, 1.807) is 46.1 Å². The number of halogens is 3. The molecule has 3 aromatic carbocycles. The van der Waals surface area contributed by atoms with Crippen molar-refractivity contribution < 1.29 is 22.8 Å². The Hall–Kier alpha value is -4.14. The third kappa shape index (κ3) is 4.21. The molecule has 5 rings (SSSR count). The maximum Gasteiger partial charge on any atom is 0.321 e. The molecule has 0 radical (unpaired) electrons. The number of anilines is 1. The van der Waals surface area contributed by atoms with Gasteiger partial charge in [-0.2, -0.15) is 13.9 Å². The van der Waals surface area contributed by atoms with Gasteiger partial charge < -0.3 is 10.2 Å². The van der Waals surface area contributed by atoms with Gasteiger partial charge in [0, 0.05) is 24.4 Å². The standard InChI is InChI=1S/C27H23F3N4O2/c1-16-5-3-4-6-21(16)25-22(32-26(36)27(2,29)30)14-24(35)33(25)20-11-12-23-17(13-20)15-31-34(23)19-9-7-18(28)8-10-19/h3-13,15,22,25H,14H2,1-2H3,(H,32,36)/t22-,25+/m1/s1. The van der Waals surface area contributed by atoms with E-state index >= 15 is 0 Å². The topological polar surface area (TPSA) is 67.2 Å². The number of nitrogens with zero attached hydrogens (tertiary/aromatic N) is 3. The average molecular weight is 493 g/mol. The van der Waals surface area contributed by atoms with Crippen LogP contribution in [-0.2, 0) is 9.59 Å². The molecule has 4 aromatic rings. The van der Waals surface area contributed by atoms with E-state index in [9.17, 15) is 22.8 Å². The molecule has 1 saturated heterocycles. The van der Waals surface area contributed by atoms with Crippen molar-refractivity contribution in [2.24, 2.45) is 0 Å². The quantitative estimate of drug-likeness (QED) is 0.422. The van der Waals surface area contributed by atoms with Crippen molar-refractivity contribution in [3.8, 4) is 5.69 Å². The highest BCUT2D eigenvalue weighted by Crippen LogP contribution is 2.40. The lowest BCUT2D eigenvalue weighted by molar-refractivity contribution is -0.143. The molecule has 1 aliphatic rings. The van der Waals surface area contributed by atoms with Crippen LogP contribution in [0.2, 0.25) is 0 Å². The number of hydrogen-bond acceptors (Lipinski definition) is 3. The molecule has 0 spiro atoms. The summed E-state index contributed by atoms with van der Waals surface area (Å²) in [5, 5.41) is 7.54. The van der Waals surface area contributed by atoms with Gasteiger partial charge in [0.1, 0.15) is 5.82 Å². The maximum atomic E-state index is 13.7. The Morgan fingerprint density at radius 3 is 2.44 bits per heavy atom. The van der Waals surface area contributed by atoms with Crippen LogP contribution in [-0.4, -0.2) is 33.6 Å². The SMILES string of the molecule is Cc1ccccc1[C@H]1[C@H](NC(=O)C(C)(F)F)CC(=O)N1c1ccc2c(cnn2-c2ccc(F)cc2)c1. The van der Waals surface area contributed by atoms with Crippen LogP contribution in [0.5, 0.6) is 0 Å². The molecule has 1 N–H and O–H groups in total. The monoisotopic (exact) mass is 492 g/mol. The summed E-state index contributed by atoms with van der Waals surface area (Å²) in [6, 6.07) is 17.1. The number of alkyl halides is 2. The Labute approximate surface area is 205 Å². The number of nitrogens with one attached hydrogen (secondary N) is 1. The fourth-order valence-corrected chi connectivity index (χ4v) is 4.70. The van der Waals surface area contributed by atoms with Crippen molar-refractivity contribution in [1.82, 2.24) is 15.1 Å². The van der Waals surface area contributed by atoms with Crippen LogP contribution in [0.3, 0.4) is 0 Å². The highest BCUT2D eigenvalue weighted by molar-refractivity contribution is 6.00. The second kappa shape index (κ2) is 8.82. The van der Waals surface area contributed by atoms with Crippen molar-refractivity contribution in [3.05, 3.63) is 89.9 Å². The van der Waals surface area contributed by atoms with Crippen molar-refractivity contribution in [3.63, 3.8) is 0 Å². The molecule has 0 aliphatic carbocycles. The number of aromatic nitrogens is 2. The largest absolute Gasteiger partial charge is 0.345 e. The van der Waals surface area contributed by atoms with Crippen molar-refractivity contribution >= 4 is 28.4 Å². The van der Waals surface area contributed by atoms with Crippen LogP contribution in [0.4, 0.5) is 18.9 Å². The Morgan fingerprint density at radius 2 is 1.75 bits per heavy atom. The molecule has 1 fully saturated rings. The van der Waals surface area contributed by atoms with E-state index in [1.165, 1.54) is 12.1 Å². The summed E-state index contributed by atoms with van der Waals surface area (Å²) in [6.07, 6.45) is 1.52. The van der Waals surface area contributed by atoms with E-state index in [1.807, 2.05) is 31.2 Å². The Morgan fingerprint density at radius 1 is 1.06 bits per heavy atom. The van der Waals surface area contributed by atoms with Crippen LogP contribution >= 0.6 is 0 Å². The molecule has 0 unspecified atom stereocenters. The lowest BCUT2D eigenvalue weighted by Crippen LogP contribution is -2.46. The second-order valence-electron chi connectivity index (χ2n) is 9.01. The van der Waals surface area contributed by atoms with Gasteiger partial charge >= 0.3 is 5.92 Å². The van der Waals surface area contributed by atoms with E-state index < -0.39 is 23.9 Å². The highest BCUT2D eigenvalue weighted by atomic mass is 19.3. The van der Waals surface area contributed by atoms with Gasteiger partial charge in [-0.15, -0.1) is 0 Å². The summed E-state index contributed by atoms with van der Waals surface area (Å²) >= 11 is 0. The number of aryl methyl sites for hydroxylation is 1.